The van der Waals surface area contributed by atoms with E-state index in [1.807, 2.05) is 0 Å². The predicted molar refractivity (Wildman–Crippen MR) is 77.5 cm³/mol. The minimum atomic E-state index is -1.26. The van der Waals surface area contributed by atoms with E-state index in [-0.39, 0.29) is 11.3 Å². The molecule has 0 bridgehead atoms. The first-order valence-electron chi connectivity index (χ1n) is 6.61. The van der Waals surface area contributed by atoms with Gasteiger partial charge in [0.1, 0.15) is 11.0 Å². The number of hydrazone groups is 1. The highest BCUT2D eigenvalue weighted by Crippen LogP contribution is 2.34. The standard InChI is InChI=1S/C14H12N4O5/c1-6-9(14(21)22-2)10(12(13(19)20)16-15-6)7-4-3-5-8-11(7)18-23-17-8/h3-5,10,15H,1-2H3,(H,19,20). The minimum absolute atomic E-state index is 0.149. The van der Waals surface area contributed by atoms with Gasteiger partial charge in [-0.2, -0.15) is 5.10 Å². The van der Waals surface area contributed by atoms with Gasteiger partial charge in [-0.1, -0.05) is 12.1 Å². The molecule has 118 valence electrons. The molecule has 1 aliphatic heterocycles. The van der Waals surface area contributed by atoms with Crippen LogP contribution in [0.4, 0.5) is 0 Å². The van der Waals surface area contributed by atoms with Gasteiger partial charge in [-0.05, 0) is 28.9 Å². The minimum Gasteiger partial charge on any atom is -0.477 e. The van der Waals surface area contributed by atoms with E-state index in [0.717, 1.165) is 0 Å². The number of aromatic nitrogens is 2. The van der Waals surface area contributed by atoms with Gasteiger partial charge >= 0.3 is 11.9 Å². The number of allylic oxidation sites excluding steroid dienone is 1. The average Bonchev–Trinajstić information content (AvgIpc) is 3.02. The maximum atomic E-state index is 12.2. The van der Waals surface area contributed by atoms with Crippen LogP contribution in [-0.4, -0.2) is 40.2 Å². The molecule has 2 N–H and O–H groups in total. The normalized spacial score (nSPS) is 17.7. The highest BCUT2D eigenvalue weighted by Gasteiger charge is 2.38. The largest absolute Gasteiger partial charge is 0.477 e. The van der Waals surface area contributed by atoms with E-state index >= 15 is 0 Å². The Kier molecular flexibility index (Phi) is 3.53. The van der Waals surface area contributed by atoms with Crippen LogP contribution in [-0.2, 0) is 14.3 Å². The van der Waals surface area contributed by atoms with Gasteiger partial charge < -0.3 is 9.84 Å². The predicted octanol–water partition coefficient (Wildman–Crippen LogP) is 0.797. The Balaban J connectivity index is 2.26. The number of hydrogen-bond donors (Lipinski definition) is 2. The highest BCUT2D eigenvalue weighted by molar-refractivity contribution is 6.40. The Bertz CT molecular complexity index is 867. The van der Waals surface area contributed by atoms with E-state index in [4.69, 9.17) is 9.37 Å². The molecule has 0 aliphatic carbocycles. The lowest BCUT2D eigenvalue weighted by atomic mass is 9.84. The number of methoxy groups -OCH3 is 1. The van der Waals surface area contributed by atoms with Crippen LogP contribution in [0.2, 0.25) is 0 Å². The summed E-state index contributed by atoms with van der Waals surface area (Å²) in [5.74, 6) is -2.86. The van der Waals surface area contributed by atoms with Crippen LogP contribution in [0.25, 0.3) is 11.0 Å². The summed E-state index contributed by atoms with van der Waals surface area (Å²) < 4.78 is 9.50. The first-order valence-corrected chi connectivity index (χ1v) is 6.61. The third-order valence-corrected chi connectivity index (χ3v) is 3.56. The number of carboxylic acid groups (broad SMARTS) is 1. The van der Waals surface area contributed by atoms with E-state index in [0.29, 0.717) is 22.3 Å². The maximum absolute atomic E-state index is 12.2. The number of aliphatic carboxylic acids is 1. The van der Waals surface area contributed by atoms with Crippen LogP contribution < -0.4 is 5.43 Å². The third-order valence-electron chi connectivity index (χ3n) is 3.56. The summed E-state index contributed by atoms with van der Waals surface area (Å²) in [4.78, 5) is 23.7. The van der Waals surface area contributed by atoms with Gasteiger partial charge in [-0.15, -0.1) is 0 Å². The molecule has 1 aliphatic rings. The topological polar surface area (TPSA) is 127 Å². The first kappa shape index (κ1) is 14.7. The number of fused-ring (bicyclic) bond motifs is 1. The highest BCUT2D eigenvalue weighted by atomic mass is 16.6. The second-order valence-electron chi connectivity index (χ2n) is 4.86. The number of rotatable bonds is 3. The van der Waals surface area contributed by atoms with Gasteiger partial charge in [0.25, 0.3) is 0 Å². The van der Waals surface area contributed by atoms with E-state index < -0.39 is 17.9 Å². The summed E-state index contributed by atoms with van der Waals surface area (Å²) in [7, 11) is 1.23. The van der Waals surface area contributed by atoms with Crippen molar-refractivity contribution in [3.05, 3.63) is 35.0 Å². The number of hydrogen-bond acceptors (Lipinski definition) is 8. The molecule has 1 aromatic carbocycles. The van der Waals surface area contributed by atoms with Crippen LogP contribution in [0, 0.1) is 0 Å². The van der Waals surface area contributed by atoms with Gasteiger partial charge in [-0.3, -0.25) is 5.43 Å². The fourth-order valence-corrected chi connectivity index (χ4v) is 2.54. The molecule has 2 aromatic rings. The summed E-state index contributed by atoms with van der Waals surface area (Å²) in [6, 6.07) is 4.99. The monoisotopic (exact) mass is 316 g/mol. The number of ether oxygens (including phenoxy) is 1. The van der Waals surface area contributed by atoms with Gasteiger partial charge in [0.15, 0.2) is 5.71 Å². The Morgan fingerprint density at radius 3 is 2.83 bits per heavy atom. The zero-order valence-corrected chi connectivity index (χ0v) is 12.2. The molecule has 0 fully saturated rings. The van der Waals surface area contributed by atoms with Gasteiger partial charge in [0.2, 0.25) is 0 Å². The fourth-order valence-electron chi connectivity index (χ4n) is 2.54. The molecule has 0 amide bonds. The van der Waals surface area contributed by atoms with Crippen molar-refractivity contribution < 1.29 is 24.1 Å². The molecule has 1 atom stereocenters. The summed E-state index contributed by atoms with van der Waals surface area (Å²) >= 11 is 0. The number of nitrogens with zero attached hydrogens (tertiary/aromatic N) is 3. The number of nitrogens with one attached hydrogen (secondary N) is 1. The second-order valence-corrected chi connectivity index (χ2v) is 4.86. The molecule has 0 radical (unpaired) electrons. The molecule has 9 heteroatoms. The number of benzene rings is 1. The van der Waals surface area contributed by atoms with Crippen molar-refractivity contribution in [1.82, 2.24) is 15.7 Å². The summed E-state index contributed by atoms with van der Waals surface area (Å²) in [6.45, 7) is 1.61. The van der Waals surface area contributed by atoms with Crippen molar-refractivity contribution in [3.63, 3.8) is 0 Å². The van der Waals surface area contributed by atoms with Crippen LogP contribution >= 0.6 is 0 Å². The van der Waals surface area contributed by atoms with E-state index in [9.17, 15) is 14.7 Å². The summed E-state index contributed by atoms with van der Waals surface area (Å²) in [5.41, 5.74) is 4.12. The summed E-state index contributed by atoms with van der Waals surface area (Å²) in [6.07, 6.45) is 0. The van der Waals surface area contributed by atoms with Crippen LogP contribution in [0.5, 0.6) is 0 Å². The van der Waals surface area contributed by atoms with Crippen molar-refractivity contribution in [2.75, 3.05) is 7.11 Å². The SMILES string of the molecule is COC(=O)C1=C(C)NN=C(C(=O)O)C1c1cccc2nonc12. The smallest absolute Gasteiger partial charge is 0.353 e. The lowest BCUT2D eigenvalue weighted by molar-refractivity contribution is -0.136. The lowest BCUT2D eigenvalue weighted by Gasteiger charge is -2.25. The lowest BCUT2D eigenvalue weighted by Crippen LogP contribution is -2.34. The molecular weight excluding hydrogens is 304 g/mol. The molecule has 3 rings (SSSR count). The Morgan fingerprint density at radius 2 is 2.13 bits per heavy atom. The number of carboxylic acids is 1. The van der Waals surface area contributed by atoms with Gasteiger partial charge in [0.05, 0.1) is 18.6 Å². The molecular formula is C14H12N4O5. The molecule has 1 unspecified atom stereocenters. The first-order chi connectivity index (χ1) is 11.0. The van der Waals surface area contributed by atoms with E-state index in [1.54, 1.807) is 25.1 Å². The van der Waals surface area contributed by atoms with Crippen LogP contribution in [0.3, 0.4) is 0 Å². The Hall–Kier alpha value is -3.23. The number of carbonyl (C=O) groups is 2. The molecule has 0 spiro atoms. The maximum Gasteiger partial charge on any atom is 0.353 e. The summed E-state index contributed by atoms with van der Waals surface area (Å²) in [5, 5.41) is 20.8. The Morgan fingerprint density at radius 1 is 1.35 bits per heavy atom. The van der Waals surface area contributed by atoms with E-state index in [2.05, 4.69) is 20.8 Å². The van der Waals surface area contributed by atoms with E-state index in [1.165, 1.54) is 7.11 Å². The second kappa shape index (κ2) is 5.52. The third kappa shape index (κ3) is 2.31. The molecule has 0 saturated carbocycles. The van der Waals surface area contributed by atoms with Crippen LogP contribution in [0.15, 0.2) is 39.2 Å². The van der Waals surface area contributed by atoms with Crippen molar-refractivity contribution >= 4 is 28.7 Å². The van der Waals surface area contributed by atoms with Gasteiger partial charge in [-0.25, -0.2) is 14.2 Å². The molecule has 9 nitrogen and oxygen atoms in total. The fraction of sp³-hybridized carbons (Fsp3) is 0.214. The molecule has 23 heavy (non-hydrogen) atoms. The number of carbonyl (C=O) groups excluding carboxylic acids is 1. The zero-order chi connectivity index (χ0) is 16.6. The molecule has 0 saturated heterocycles. The number of esters is 1. The molecule has 1 aromatic heterocycles. The van der Waals surface area contributed by atoms with Crippen LogP contribution in [0.1, 0.15) is 18.4 Å². The van der Waals surface area contributed by atoms with Crippen molar-refractivity contribution in [2.45, 2.75) is 12.8 Å². The van der Waals surface area contributed by atoms with Crippen molar-refractivity contribution in [2.24, 2.45) is 5.10 Å². The average molecular weight is 316 g/mol. The van der Waals surface area contributed by atoms with Crippen molar-refractivity contribution in [1.29, 1.82) is 0 Å². The van der Waals surface area contributed by atoms with Gasteiger partial charge in [0, 0.05) is 5.70 Å². The van der Waals surface area contributed by atoms with Crippen molar-refractivity contribution in [3.8, 4) is 0 Å². The zero-order valence-electron chi connectivity index (χ0n) is 12.2. The Labute approximate surface area is 129 Å². The quantitative estimate of drug-likeness (QED) is 0.796. The molecule has 2 heterocycles.